The first-order valence-corrected chi connectivity index (χ1v) is 23.0. The van der Waals surface area contributed by atoms with Gasteiger partial charge < -0.3 is 0 Å². The molecule has 0 aliphatic carbocycles. The van der Waals surface area contributed by atoms with Crippen LogP contribution in [0.2, 0.25) is 0 Å². The van der Waals surface area contributed by atoms with E-state index in [9.17, 15) is 0 Å². The van der Waals surface area contributed by atoms with Gasteiger partial charge in [-0.15, -0.1) is 0 Å². The van der Waals surface area contributed by atoms with Crippen molar-refractivity contribution in [2.75, 3.05) is 0 Å². The molecule has 0 N–H and O–H groups in total. The molecule has 8 rings (SSSR count). The van der Waals surface area contributed by atoms with Crippen molar-refractivity contribution in [2.45, 2.75) is 27.7 Å². The van der Waals surface area contributed by atoms with Crippen LogP contribution in [0.1, 0.15) is 22.3 Å². The van der Waals surface area contributed by atoms with E-state index in [1.165, 1.54) is 81.2 Å². The zero-order chi connectivity index (χ0) is 36.4. The van der Waals surface area contributed by atoms with Crippen LogP contribution >= 0.6 is 0 Å². The van der Waals surface area contributed by atoms with Gasteiger partial charge in [0.1, 0.15) is 0 Å². The number of hydrogen-bond donors (Lipinski definition) is 0. The molecule has 0 amide bonds. The van der Waals surface area contributed by atoms with Crippen LogP contribution in [0, 0.1) is 27.7 Å². The molecule has 0 aromatic heterocycles. The van der Waals surface area contributed by atoms with Crippen LogP contribution in [0.5, 0.6) is 0 Å². The summed E-state index contributed by atoms with van der Waals surface area (Å²) in [6.07, 6.45) is 0. The molecule has 8 aromatic carbocycles. The van der Waals surface area contributed by atoms with Crippen molar-refractivity contribution < 1.29 is 0 Å². The molecule has 0 aliphatic rings. The van der Waals surface area contributed by atoms with Gasteiger partial charge >= 0.3 is 321 Å². The van der Waals surface area contributed by atoms with Crippen molar-refractivity contribution in [3.05, 3.63) is 216 Å². The number of aryl methyl sites for hydroxylation is 4. The van der Waals surface area contributed by atoms with E-state index < -0.39 is 18.2 Å². The first kappa shape index (κ1) is 34.6. The van der Waals surface area contributed by atoms with Gasteiger partial charge in [-0.3, -0.25) is 0 Å². The summed E-state index contributed by atoms with van der Waals surface area (Å²) in [5, 5.41) is 0. The van der Waals surface area contributed by atoms with E-state index in [0.717, 1.165) is 0 Å². The van der Waals surface area contributed by atoms with Crippen LogP contribution in [-0.2, 0) is 0 Å². The van der Waals surface area contributed by atoms with E-state index in [-0.39, 0.29) is 0 Å². The van der Waals surface area contributed by atoms with Gasteiger partial charge in [-0.25, -0.2) is 0 Å². The Kier molecular flexibility index (Phi) is 9.72. The van der Waals surface area contributed by atoms with Crippen molar-refractivity contribution >= 4 is 32.6 Å². The number of hydrogen-bond acceptors (Lipinski definition) is 0. The second-order valence-corrected chi connectivity index (χ2v) is 23.1. The molecule has 8 aromatic rings. The first-order chi connectivity index (χ1) is 25.9. The summed E-state index contributed by atoms with van der Waals surface area (Å²) in [7, 11) is 0. The molecule has 0 heterocycles. The minimum atomic E-state index is -3.66. The predicted octanol–water partition coefficient (Wildman–Crippen LogP) is 11.0. The van der Waals surface area contributed by atoms with E-state index in [1.807, 2.05) is 0 Å². The summed E-state index contributed by atoms with van der Waals surface area (Å²) in [6.45, 7) is 8.58. The van der Waals surface area contributed by atoms with E-state index in [4.69, 9.17) is 0 Å². The number of rotatable bonds is 8. The molecule has 0 saturated carbocycles. The van der Waals surface area contributed by atoms with Gasteiger partial charge in [0.05, 0.1) is 0 Å². The van der Waals surface area contributed by atoms with E-state index >= 15 is 0 Å². The molecule has 258 valence electrons. The van der Waals surface area contributed by atoms with E-state index in [2.05, 4.69) is 222 Å². The summed E-state index contributed by atoms with van der Waals surface area (Å²) in [5.74, 6) is 0. The van der Waals surface area contributed by atoms with Gasteiger partial charge in [-0.05, 0) is 0 Å². The molecule has 0 unspecified atom stereocenters. The summed E-state index contributed by atoms with van der Waals surface area (Å²) in [5.41, 5.74) is 15.0. The van der Waals surface area contributed by atoms with Crippen LogP contribution < -0.4 is 14.4 Å². The molecular weight excluding hydrogens is 752 g/mol. The monoisotopic (exact) mass is 798 g/mol. The van der Waals surface area contributed by atoms with Gasteiger partial charge in [0.2, 0.25) is 0 Å². The predicted molar refractivity (Wildman–Crippen MR) is 231 cm³/mol. The SMILES string of the molecule is Cc1ccc(-c2ccc([Te](c3ccc(-c4ccc(C)cc4)cc3)(c3ccc(-c4ccc(C)cc4)cc3)c3ccc(-c4ccc(C)cc4)cc3)cc2)cc1. The molecule has 53 heavy (non-hydrogen) atoms. The molecule has 0 atom stereocenters. The summed E-state index contributed by atoms with van der Waals surface area (Å²) >= 11 is -3.66. The Morgan fingerprint density at radius 1 is 0.189 bits per heavy atom. The summed E-state index contributed by atoms with van der Waals surface area (Å²) in [4.78, 5) is 0. The molecule has 0 radical (unpaired) electrons. The first-order valence-electron chi connectivity index (χ1n) is 18.4. The normalized spacial score (nSPS) is 11.7. The topological polar surface area (TPSA) is 0 Å². The Hall–Kier alpha value is -5.45. The molecule has 0 saturated heterocycles. The number of benzene rings is 8. The second-order valence-electron chi connectivity index (χ2n) is 14.2. The Morgan fingerprint density at radius 3 is 0.472 bits per heavy atom. The molecule has 1 heteroatoms. The Morgan fingerprint density at radius 2 is 0.321 bits per heavy atom. The van der Waals surface area contributed by atoms with E-state index in [1.54, 1.807) is 0 Å². The Balaban J connectivity index is 1.33. The van der Waals surface area contributed by atoms with Crippen molar-refractivity contribution in [1.29, 1.82) is 0 Å². The third kappa shape index (κ3) is 7.04. The van der Waals surface area contributed by atoms with Crippen LogP contribution in [0.15, 0.2) is 194 Å². The Bertz CT molecular complexity index is 2070. The third-order valence-corrected chi connectivity index (χ3v) is 21.6. The van der Waals surface area contributed by atoms with Crippen molar-refractivity contribution in [1.82, 2.24) is 0 Å². The third-order valence-electron chi connectivity index (χ3n) is 10.4. The standard InChI is InChI=1S/C52H44Te/c1-37-5-13-41(14-6-37)45-21-29-49(30-22-45)53(50-31-23-46(24-32-50)42-15-7-38(2)8-16-42,51-33-25-47(26-34-51)43-17-9-39(3)10-18-43)52-35-27-48(28-36-52)44-19-11-40(4)12-20-44/h5-36H,1-4H3. The fraction of sp³-hybridized carbons (Fsp3) is 0.0769. The van der Waals surface area contributed by atoms with Crippen LogP contribution in [0.25, 0.3) is 44.5 Å². The van der Waals surface area contributed by atoms with Gasteiger partial charge in [-0.2, -0.15) is 0 Å². The molecule has 0 nitrogen and oxygen atoms in total. The van der Waals surface area contributed by atoms with Crippen molar-refractivity contribution in [3.8, 4) is 44.5 Å². The Labute approximate surface area is 319 Å². The minimum absolute atomic E-state index is 1.24. The fourth-order valence-electron chi connectivity index (χ4n) is 7.21. The van der Waals surface area contributed by atoms with Gasteiger partial charge in [0.15, 0.2) is 0 Å². The van der Waals surface area contributed by atoms with Crippen LogP contribution in [0.4, 0.5) is 0 Å². The van der Waals surface area contributed by atoms with Gasteiger partial charge in [-0.1, -0.05) is 0 Å². The van der Waals surface area contributed by atoms with Gasteiger partial charge in [0, 0.05) is 0 Å². The quantitative estimate of drug-likeness (QED) is 0.134. The maximum absolute atomic E-state index is 3.66. The molecular formula is C52H44Te. The average molecular weight is 797 g/mol. The molecule has 0 spiro atoms. The maximum atomic E-state index is 2.42. The molecule has 0 aliphatic heterocycles. The van der Waals surface area contributed by atoms with Crippen molar-refractivity contribution in [3.63, 3.8) is 0 Å². The van der Waals surface area contributed by atoms with Crippen LogP contribution in [-0.4, -0.2) is 18.2 Å². The summed E-state index contributed by atoms with van der Waals surface area (Å²) in [6, 6.07) is 73.5. The fourth-order valence-corrected chi connectivity index (χ4v) is 18.1. The van der Waals surface area contributed by atoms with Gasteiger partial charge in [0.25, 0.3) is 0 Å². The zero-order valence-corrected chi connectivity index (χ0v) is 33.2. The average Bonchev–Trinajstić information content (AvgIpc) is 3.20. The summed E-state index contributed by atoms with van der Waals surface area (Å²) < 4.78 is 5.66. The van der Waals surface area contributed by atoms with Crippen molar-refractivity contribution in [2.24, 2.45) is 0 Å². The zero-order valence-electron chi connectivity index (χ0n) is 30.9. The van der Waals surface area contributed by atoms with E-state index in [0.29, 0.717) is 0 Å². The molecule has 0 bridgehead atoms. The van der Waals surface area contributed by atoms with Crippen LogP contribution in [0.3, 0.4) is 0 Å². The second kappa shape index (κ2) is 14.9. The molecule has 0 fully saturated rings.